The summed E-state index contributed by atoms with van der Waals surface area (Å²) in [4.78, 5) is 19.9. The summed E-state index contributed by atoms with van der Waals surface area (Å²) in [5.74, 6) is -0.988. The van der Waals surface area contributed by atoms with E-state index in [0.29, 0.717) is 15.9 Å². The van der Waals surface area contributed by atoms with Crippen molar-refractivity contribution in [2.24, 2.45) is 7.05 Å². The summed E-state index contributed by atoms with van der Waals surface area (Å²) in [5.41, 5.74) is 2.40. The van der Waals surface area contributed by atoms with Crippen molar-refractivity contribution in [2.45, 2.75) is 31.0 Å². The Morgan fingerprint density at radius 1 is 1.26 bits per heavy atom. The molecular formula is C12H14N4O2S. The maximum Gasteiger partial charge on any atom is 0.340 e. The second-order valence-corrected chi connectivity index (χ2v) is 5.19. The van der Waals surface area contributed by atoms with Gasteiger partial charge in [-0.15, -0.1) is 0 Å². The van der Waals surface area contributed by atoms with E-state index in [1.807, 2.05) is 19.9 Å². The van der Waals surface area contributed by atoms with Crippen molar-refractivity contribution in [2.75, 3.05) is 0 Å². The second kappa shape index (κ2) is 5.00. The zero-order chi connectivity index (χ0) is 14.2. The number of hydrogen-bond donors (Lipinski definition) is 1. The quantitative estimate of drug-likeness (QED) is 0.865. The summed E-state index contributed by atoms with van der Waals surface area (Å²) >= 11 is 1.22. The third kappa shape index (κ3) is 2.76. The summed E-state index contributed by atoms with van der Waals surface area (Å²) in [6, 6.07) is 1.87. The normalized spacial score (nSPS) is 10.7. The van der Waals surface area contributed by atoms with Crippen LogP contribution in [0.2, 0.25) is 0 Å². The van der Waals surface area contributed by atoms with Crippen LogP contribution in [-0.2, 0) is 7.05 Å². The van der Waals surface area contributed by atoms with Crippen molar-refractivity contribution in [3.05, 3.63) is 28.7 Å². The maximum atomic E-state index is 11.3. The van der Waals surface area contributed by atoms with E-state index in [9.17, 15) is 9.90 Å². The van der Waals surface area contributed by atoms with Gasteiger partial charge in [-0.3, -0.25) is 4.68 Å². The SMILES string of the molecule is Cc1cc(C)nc(Sc2c(C(=O)O)c(C)nn2C)n1. The van der Waals surface area contributed by atoms with E-state index in [0.717, 1.165) is 11.4 Å². The van der Waals surface area contributed by atoms with E-state index in [-0.39, 0.29) is 5.56 Å². The van der Waals surface area contributed by atoms with Crippen LogP contribution in [-0.4, -0.2) is 30.8 Å². The number of aryl methyl sites for hydroxylation is 4. The fraction of sp³-hybridized carbons (Fsp3) is 0.333. The molecule has 0 aromatic carbocycles. The van der Waals surface area contributed by atoms with Gasteiger partial charge in [-0.25, -0.2) is 14.8 Å². The first-order valence-corrected chi connectivity index (χ1v) is 6.47. The van der Waals surface area contributed by atoms with Gasteiger partial charge in [0, 0.05) is 18.4 Å². The Labute approximate surface area is 114 Å². The van der Waals surface area contributed by atoms with Crippen LogP contribution in [0, 0.1) is 20.8 Å². The van der Waals surface area contributed by atoms with Crippen LogP contribution in [0.1, 0.15) is 27.4 Å². The monoisotopic (exact) mass is 278 g/mol. The lowest BCUT2D eigenvalue weighted by atomic mass is 10.3. The van der Waals surface area contributed by atoms with E-state index in [1.54, 1.807) is 18.7 Å². The average Bonchev–Trinajstić information content (AvgIpc) is 2.52. The van der Waals surface area contributed by atoms with Crippen LogP contribution in [0.4, 0.5) is 0 Å². The molecule has 0 aliphatic rings. The van der Waals surface area contributed by atoms with Crippen LogP contribution in [0.3, 0.4) is 0 Å². The predicted molar refractivity (Wildman–Crippen MR) is 70.5 cm³/mol. The molecule has 0 saturated carbocycles. The Kier molecular flexibility index (Phi) is 3.57. The van der Waals surface area contributed by atoms with Crippen LogP contribution < -0.4 is 0 Å². The van der Waals surface area contributed by atoms with E-state index in [2.05, 4.69) is 15.1 Å². The number of hydrogen-bond acceptors (Lipinski definition) is 5. The molecule has 2 rings (SSSR count). The minimum absolute atomic E-state index is 0.204. The Bertz CT molecular complexity index is 631. The molecule has 2 aromatic heterocycles. The molecular weight excluding hydrogens is 264 g/mol. The average molecular weight is 278 g/mol. The van der Waals surface area contributed by atoms with Crippen LogP contribution in [0.25, 0.3) is 0 Å². The first-order chi connectivity index (χ1) is 8.88. The molecule has 19 heavy (non-hydrogen) atoms. The van der Waals surface area contributed by atoms with E-state index in [4.69, 9.17) is 0 Å². The van der Waals surface area contributed by atoms with Crippen molar-refractivity contribution in [1.29, 1.82) is 0 Å². The van der Waals surface area contributed by atoms with E-state index < -0.39 is 5.97 Å². The number of nitrogens with zero attached hydrogens (tertiary/aromatic N) is 4. The zero-order valence-corrected chi connectivity index (χ0v) is 11.9. The third-order valence-corrected chi connectivity index (χ3v) is 3.56. The first-order valence-electron chi connectivity index (χ1n) is 5.65. The number of aromatic nitrogens is 4. The summed E-state index contributed by atoms with van der Waals surface area (Å²) in [6.07, 6.45) is 0. The molecule has 0 fully saturated rings. The Morgan fingerprint density at radius 2 is 1.84 bits per heavy atom. The van der Waals surface area contributed by atoms with Crippen molar-refractivity contribution >= 4 is 17.7 Å². The molecule has 6 nitrogen and oxygen atoms in total. The van der Waals surface area contributed by atoms with Gasteiger partial charge in [-0.05, 0) is 38.6 Å². The highest BCUT2D eigenvalue weighted by molar-refractivity contribution is 7.99. The molecule has 0 atom stereocenters. The van der Waals surface area contributed by atoms with Gasteiger partial charge in [-0.1, -0.05) is 0 Å². The van der Waals surface area contributed by atoms with Crippen LogP contribution in [0.15, 0.2) is 16.2 Å². The molecule has 0 spiro atoms. The van der Waals surface area contributed by atoms with Gasteiger partial charge in [0.15, 0.2) is 5.16 Å². The summed E-state index contributed by atoms with van der Waals surface area (Å²) in [7, 11) is 1.71. The molecule has 100 valence electrons. The van der Waals surface area contributed by atoms with Gasteiger partial charge < -0.3 is 5.11 Å². The number of aromatic carboxylic acids is 1. The van der Waals surface area contributed by atoms with Crippen LogP contribution >= 0.6 is 11.8 Å². The van der Waals surface area contributed by atoms with Crippen molar-refractivity contribution in [3.63, 3.8) is 0 Å². The number of rotatable bonds is 3. The van der Waals surface area contributed by atoms with Gasteiger partial charge in [0.05, 0.1) is 5.69 Å². The lowest BCUT2D eigenvalue weighted by Crippen LogP contribution is -2.01. The summed E-state index contributed by atoms with van der Waals surface area (Å²) in [6.45, 7) is 5.44. The van der Waals surface area contributed by atoms with Crippen molar-refractivity contribution < 1.29 is 9.90 Å². The van der Waals surface area contributed by atoms with Crippen molar-refractivity contribution in [3.8, 4) is 0 Å². The highest BCUT2D eigenvalue weighted by Gasteiger charge is 2.21. The lowest BCUT2D eigenvalue weighted by Gasteiger charge is -2.04. The van der Waals surface area contributed by atoms with Gasteiger partial charge >= 0.3 is 5.97 Å². The molecule has 2 aromatic rings. The molecule has 0 saturated heterocycles. The highest BCUT2D eigenvalue weighted by Crippen LogP contribution is 2.29. The topological polar surface area (TPSA) is 80.9 Å². The fourth-order valence-corrected chi connectivity index (χ4v) is 2.89. The molecule has 0 aliphatic heterocycles. The first kappa shape index (κ1) is 13.5. The smallest absolute Gasteiger partial charge is 0.340 e. The van der Waals surface area contributed by atoms with E-state index >= 15 is 0 Å². The Morgan fingerprint density at radius 3 is 2.37 bits per heavy atom. The molecule has 0 unspecified atom stereocenters. The van der Waals surface area contributed by atoms with Gasteiger partial charge in [0.25, 0.3) is 0 Å². The van der Waals surface area contributed by atoms with Gasteiger partial charge in [0.2, 0.25) is 0 Å². The zero-order valence-electron chi connectivity index (χ0n) is 11.1. The molecule has 0 aliphatic carbocycles. The molecule has 0 bridgehead atoms. The number of carbonyl (C=O) groups is 1. The predicted octanol–water partition coefficient (Wildman–Crippen LogP) is 1.98. The third-order valence-electron chi connectivity index (χ3n) is 2.53. The molecule has 2 heterocycles. The molecule has 0 amide bonds. The maximum absolute atomic E-state index is 11.3. The Balaban J connectivity index is 2.46. The van der Waals surface area contributed by atoms with Gasteiger partial charge in [-0.2, -0.15) is 5.10 Å². The van der Waals surface area contributed by atoms with Crippen molar-refractivity contribution in [1.82, 2.24) is 19.7 Å². The summed E-state index contributed by atoms with van der Waals surface area (Å²) in [5, 5.41) is 14.4. The fourth-order valence-electron chi connectivity index (χ4n) is 1.83. The molecule has 1 N–H and O–H groups in total. The summed E-state index contributed by atoms with van der Waals surface area (Å²) < 4.78 is 1.55. The molecule has 7 heteroatoms. The second-order valence-electron chi connectivity index (χ2n) is 4.23. The van der Waals surface area contributed by atoms with Crippen LogP contribution in [0.5, 0.6) is 0 Å². The highest BCUT2D eigenvalue weighted by atomic mass is 32.2. The number of carboxylic acid groups (broad SMARTS) is 1. The lowest BCUT2D eigenvalue weighted by molar-refractivity contribution is 0.0692. The largest absolute Gasteiger partial charge is 0.478 e. The molecule has 0 radical (unpaired) electrons. The Hall–Kier alpha value is -1.89. The van der Waals surface area contributed by atoms with E-state index in [1.165, 1.54) is 11.8 Å². The minimum Gasteiger partial charge on any atom is -0.478 e. The number of carboxylic acids is 1. The minimum atomic E-state index is -0.988. The van der Waals surface area contributed by atoms with Gasteiger partial charge in [0.1, 0.15) is 10.6 Å². The standard InChI is InChI=1S/C12H14N4O2S/c1-6-5-7(2)14-12(13-6)19-10-9(11(17)18)8(3)15-16(10)4/h5H,1-4H3,(H,17,18).